The van der Waals surface area contributed by atoms with Crippen molar-refractivity contribution in [3.8, 4) is 17.1 Å². The molecule has 0 saturated carbocycles. The molecule has 0 radical (unpaired) electrons. The van der Waals surface area contributed by atoms with E-state index >= 15 is 0 Å². The van der Waals surface area contributed by atoms with Crippen LogP contribution in [0.5, 0.6) is 0 Å². The Morgan fingerprint density at radius 2 is 1.67 bits per heavy atom. The zero-order chi connectivity index (χ0) is 23.5. The first-order valence-corrected chi connectivity index (χ1v) is 10.9. The van der Waals surface area contributed by atoms with E-state index in [9.17, 15) is 9.59 Å². The number of carbonyl (C=O) groups is 2. The molecule has 3 aromatic carbocycles. The Kier molecular flexibility index (Phi) is 6.79. The van der Waals surface area contributed by atoms with Gasteiger partial charge in [-0.2, -0.15) is 0 Å². The van der Waals surface area contributed by atoms with Gasteiger partial charge in [0.1, 0.15) is 0 Å². The third kappa shape index (κ3) is 5.09. The van der Waals surface area contributed by atoms with Crippen LogP contribution in [-0.2, 0) is 4.74 Å². The van der Waals surface area contributed by atoms with Gasteiger partial charge < -0.3 is 4.74 Å². The fourth-order valence-electron chi connectivity index (χ4n) is 3.12. The normalized spacial score (nSPS) is 10.8. The van der Waals surface area contributed by atoms with E-state index in [4.69, 9.17) is 39.5 Å². The molecule has 0 aliphatic rings. The molecule has 0 atom stereocenters. The summed E-state index contributed by atoms with van der Waals surface area (Å²) in [7, 11) is 0. The van der Waals surface area contributed by atoms with Crippen molar-refractivity contribution in [2.75, 3.05) is 6.61 Å². The number of aromatic nitrogens is 3. The van der Waals surface area contributed by atoms with Gasteiger partial charge in [-0.25, -0.2) is 14.5 Å². The molecule has 33 heavy (non-hydrogen) atoms. The van der Waals surface area contributed by atoms with Crippen LogP contribution in [0.15, 0.2) is 66.7 Å². The first-order valence-electron chi connectivity index (χ1n) is 9.78. The molecule has 0 fully saturated rings. The molecule has 4 aromatic rings. The molecule has 166 valence electrons. The van der Waals surface area contributed by atoms with E-state index in [1.807, 2.05) is 13.0 Å². The van der Waals surface area contributed by atoms with Gasteiger partial charge in [0.2, 0.25) is 0 Å². The zero-order valence-electron chi connectivity index (χ0n) is 17.3. The van der Waals surface area contributed by atoms with Crippen LogP contribution in [0, 0.1) is 6.92 Å². The van der Waals surface area contributed by atoms with Gasteiger partial charge in [-0.3, -0.25) is 4.79 Å². The summed E-state index contributed by atoms with van der Waals surface area (Å²) in [6, 6.07) is 18.6. The number of hydrogen-bond acceptors (Lipinski definition) is 5. The van der Waals surface area contributed by atoms with Gasteiger partial charge >= 0.3 is 5.97 Å². The number of benzene rings is 3. The third-order valence-corrected chi connectivity index (χ3v) is 5.74. The van der Waals surface area contributed by atoms with Gasteiger partial charge in [0.05, 0.1) is 5.69 Å². The first kappa shape index (κ1) is 23.0. The minimum atomic E-state index is -0.834. The Morgan fingerprint density at radius 3 is 2.39 bits per heavy atom. The molecule has 4 rings (SSSR count). The highest BCUT2D eigenvalue weighted by Gasteiger charge is 2.22. The standard InChI is InChI=1S/C24H16Cl3N3O3/c1-14-19(27)6-3-7-20(14)30-23(16-4-2-5-18(26)12-16)28-22(29-30)24(32)33-13-21(31)15-8-10-17(25)11-9-15/h2-12H,13H2,1H3. The first-order chi connectivity index (χ1) is 15.8. The highest BCUT2D eigenvalue weighted by atomic mass is 35.5. The maximum atomic E-state index is 12.7. The van der Waals surface area contributed by atoms with Crippen LogP contribution in [-0.4, -0.2) is 33.1 Å². The average molecular weight is 501 g/mol. The molecule has 6 nitrogen and oxygen atoms in total. The Morgan fingerprint density at radius 1 is 0.939 bits per heavy atom. The Bertz CT molecular complexity index is 1350. The van der Waals surface area contributed by atoms with Crippen LogP contribution in [0.4, 0.5) is 0 Å². The largest absolute Gasteiger partial charge is 0.451 e. The summed E-state index contributed by atoms with van der Waals surface area (Å²) in [5, 5.41) is 5.90. The molecular formula is C24H16Cl3N3O3. The number of hydrogen-bond donors (Lipinski definition) is 0. The summed E-state index contributed by atoms with van der Waals surface area (Å²) >= 11 is 18.3. The lowest BCUT2D eigenvalue weighted by Crippen LogP contribution is -2.15. The lowest BCUT2D eigenvalue weighted by atomic mass is 10.1. The molecule has 0 unspecified atom stereocenters. The molecule has 0 N–H and O–H groups in total. The van der Waals surface area contributed by atoms with Crippen LogP contribution in [0.1, 0.15) is 26.5 Å². The van der Waals surface area contributed by atoms with Crippen LogP contribution >= 0.6 is 34.8 Å². The third-order valence-electron chi connectivity index (χ3n) is 4.84. The molecule has 0 aliphatic heterocycles. The summed E-state index contributed by atoms with van der Waals surface area (Å²) in [6.07, 6.45) is 0. The van der Waals surface area contributed by atoms with Crippen molar-refractivity contribution < 1.29 is 14.3 Å². The average Bonchev–Trinajstić information content (AvgIpc) is 3.25. The number of carbonyl (C=O) groups excluding carboxylic acids is 2. The summed E-state index contributed by atoms with van der Waals surface area (Å²) in [4.78, 5) is 29.4. The monoisotopic (exact) mass is 499 g/mol. The predicted molar refractivity (Wildman–Crippen MR) is 128 cm³/mol. The van der Waals surface area contributed by atoms with Gasteiger partial charge in [-0.1, -0.05) is 53.0 Å². The molecule has 9 heteroatoms. The van der Waals surface area contributed by atoms with E-state index in [-0.39, 0.29) is 11.6 Å². The van der Waals surface area contributed by atoms with Crippen molar-refractivity contribution in [3.05, 3.63) is 98.7 Å². The maximum absolute atomic E-state index is 12.7. The van der Waals surface area contributed by atoms with E-state index in [0.29, 0.717) is 37.7 Å². The second kappa shape index (κ2) is 9.75. The molecule has 0 spiro atoms. The van der Waals surface area contributed by atoms with Gasteiger partial charge in [-0.15, -0.1) is 5.10 Å². The predicted octanol–water partition coefficient (Wildman–Crippen LogP) is 6.24. The smallest absolute Gasteiger partial charge is 0.378 e. The maximum Gasteiger partial charge on any atom is 0.378 e. The molecule has 0 saturated heterocycles. The highest BCUT2D eigenvalue weighted by molar-refractivity contribution is 6.31. The number of ether oxygens (including phenoxy) is 1. The van der Waals surface area contributed by atoms with E-state index in [1.54, 1.807) is 60.7 Å². The fraction of sp³-hybridized carbons (Fsp3) is 0.0833. The van der Waals surface area contributed by atoms with Gasteiger partial charge in [0.25, 0.3) is 5.82 Å². The highest BCUT2D eigenvalue weighted by Crippen LogP contribution is 2.28. The van der Waals surface area contributed by atoms with E-state index in [2.05, 4.69) is 10.1 Å². The lowest BCUT2D eigenvalue weighted by molar-refractivity contribution is 0.0462. The summed E-state index contributed by atoms with van der Waals surface area (Å²) in [5.74, 6) is -1.04. The molecule has 0 amide bonds. The topological polar surface area (TPSA) is 74.1 Å². The minimum absolute atomic E-state index is 0.201. The van der Waals surface area contributed by atoms with Crippen molar-refractivity contribution in [2.24, 2.45) is 0 Å². The quantitative estimate of drug-likeness (QED) is 0.231. The number of esters is 1. The number of halogens is 3. The number of rotatable bonds is 6. The lowest BCUT2D eigenvalue weighted by Gasteiger charge is -2.10. The Labute approximate surface area is 204 Å². The van der Waals surface area contributed by atoms with Gasteiger partial charge in [-0.05, 0) is 61.0 Å². The Hall–Kier alpha value is -3.19. The van der Waals surface area contributed by atoms with Crippen molar-refractivity contribution in [1.29, 1.82) is 0 Å². The summed E-state index contributed by atoms with van der Waals surface area (Å²) < 4.78 is 6.68. The van der Waals surface area contributed by atoms with Crippen LogP contribution < -0.4 is 0 Å². The van der Waals surface area contributed by atoms with Crippen LogP contribution in [0.2, 0.25) is 15.1 Å². The number of nitrogens with zero attached hydrogens (tertiary/aromatic N) is 3. The van der Waals surface area contributed by atoms with Crippen molar-refractivity contribution >= 4 is 46.6 Å². The van der Waals surface area contributed by atoms with E-state index < -0.39 is 12.6 Å². The summed E-state index contributed by atoms with van der Waals surface area (Å²) in [6.45, 7) is 1.38. The van der Waals surface area contributed by atoms with Crippen molar-refractivity contribution in [3.63, 3.8) is 0 Å². The van der Waals surface area contributed by atoms with Crippen molar-refractivity contribution in [2.45, 2.75) is 6.92 Å². The number of Topliss-reactive ketones (excluding diaryl/α,β-unsaturated/α-hetero) is 1. The van der Waals surface area contributed by atoms with E-state index in [0.717, 1.165) is 5.56 Å². The summed E-state index contributed by atoms with van der Waals surface area (Å²) in [5.41, 5.74) is 2.41. The van der Waals surface area contributed by atoms with Crippen LogP contribution in [0.25, 0.3) is 17.1 Å². The molecule has 0 aliphatic carbocycles. The second-order valence-corrected chi connectivity index (χ2v) is 8.35. The molecule has 1 aromatic heterocycles. The second-order valence-electron chi connectivity index (χ2n) is 7.07. The van der Waals surface area contributed by atoms with Gasteiger partial charge in [0.15, 0.2) is 18.2 Å². The number of ketones is 1. The SMILES string of the molecule is Cc1c(Cl)cccc1-n1nc(C(=O)OCC(=O)c2ccc(Cl)cc2)nc1-c1cccc(Cl)c1. The Balaban J connectivity index is 1.66. The fourth-order valence-corrected chi connectivity index (χ4v) is 3.61. The van der Waals surface area contributed by atoms with Crippen LogP contribution in [0.3, 0.4) is 0 Å². The zero-order valence-corrected chi connectivity index (χ0v) is 19.5. The molecule has 0 bridgehead atoms. The molecular weight excluding hydrogens is 485 g/mol. The molecule has 1 heterocycles. The van der Waals surface area contributed by atoms with Gasteiger partial charge in [0, 0.05) is 26.2 Å². The minimum Gasteiger partial charge on any atom is -0.451 e. The van der Waals surface area contributed by atoms with Crippen molar-refractivity contribution in [1.82, 2.24) is 14.8 Å². The van der Waals surface area contributed by atoms with E-state index in [1.165, 1.54) is 4.68 Å².